The number of rotatable bonds is 8. The van der Waals surface area contributed by atoms with Crippen LogP contribution in [-0.2, 0) is 9.53 Å². The molecule has 1 aromatic rings. The number of benzene rings is 1. The number of esters is 1. The molecule has 0 aliphatic rings. The van der Waals surface area contributed by atoms with Crippen molar-refractivity contribution in [1.82, 2.24) is 5.32 Å². The summed E-state index contributed by atoms with van der Waals surface area (Å²) >= 11 is 0. The highest BCUT2D eigenvalue weighted by Gasteiger charge is 2.20. The second-order valence-electron chi connectivity index (χ2n) is 5.23. The van der Waals surface area contributed by atoms with Crippen molar-refractivity contribution >= 4 is 5.97 Å². The van der Waals surface area contributed by atoms with Gasteiger partial charge >= 0.3 is 5.97 Å². The zero-order valence-electron chi connectivity index (χ0n) is 12.2. The Balaban J connectivity index is 2.46. The maximum absolute atomic E-state index is 11.8. The second-order valence-corrected chi connectivity index (χ2v) is 5.23. The summed E-state index contributed by atoms with van der Waals surface area (Å²) in [5, 5.41) is 3.35. The van der Waals surface area contributed by atoms with E-state index in [1.807, 2.05) is 30.3 Å². The molecular formula is C16H25NO2. The van der Waals surface area contributed by atoms with Gasteiger partial charge in [-0.15, -0.1) is 0 Å². The molecule has 0 aliphatic carbocycles. The molecule has 0 saturated carbocycles. The van der Waals surface area contributed by atoms with Crippen LogP contribution in [0.3, 0.4) is 0 Å². The number of hydrogen-bond donors (Lipinski definition) is 1. The van der Waals surface area contributed by atoms with Gasteiger partial charge in [-0.05, 0) is 30.9 Å². The van der Waals surface area contributed by atoms with Gasteiger partial charge < -0.3 is 10.1 Å². The first-order valence-electron chi connectivity index (χ1n) is 6.98. The van der Waals surface area contributed by atoms with Crippen LogP contribution < -0.4 is 5.32 Å². The average molecular weight is 263 g/mol. The van der Waals surface area contributed by atoms with Crippen molar-refractivity contribution in [1.29, 1.82) is 0 Å². The highest BCUT2D eigenvalue weighted by Crippen LogP contribution is 2.16. The van der Waals surface area contributed by atoms with E-state index in [0.29, 0.717) is 6.54 Å². The highest BCUT2D eigenvalue weighted by atomic mass is 16.5. The van der Waals surface area contributed by atoms with Crippen molar-refractivity contribution in [3.05, 3.63) is 35.9 Å². The Labute approximate surface area is 116 Å². The molecule has 0 spiro atoms. The Morgan fingerprint density at radius 2 is 1.95 bits per heavy atom. The number of methoxy groups -OCH3 is 1. The fraction of sp³-hybridized carbons (Fsp3) is 0.562. The van der Waals surface area contributed by atoms with Gasteiger partial charge in [0.2, 0.25) is 0 Å². The van der Waals surface area contributed by atoms with Crippen LogP contribution in [0.25, 0.3) is 0 Å². The van der Waals surface area contributed by atoms with Crippen LogP contribution >= 0.6 is 0 Å². The van der Waals surface area contributed by atoms with Crippen molar-refractivity contribution in [3.63, 3.8) is 0 Å². The third-order valence-corrected chi connectivity index (χ3v) is 3.17. The van der Waals surface area contributed by atoms with Gasteiger partial charge in [0, 0.05) is 6.54 Å². The molecule has 0 aliphatic heterocycles. The van der Waals surface area contributed by atoms with Crippen LogP contribution in [0.2, 0.25) is 0 Å². The lowest BCUT2D eigenvalue weighted by Gasteiger charge is -2.16. The minimum absolute atomic E-state index is 0.178. The summed E-state index contributed by atoms with van der Waals surface area (Å²) in [6, 6.07) is 9.79. The Hall–Kier alpha value is -1.35. The third kappa shape index (κ3) is 5.88. The van der Waals surface area contributed by atoms with Crippen molar-refractivity contribution < 1.29 is 9.53 Å². The standard InChI is InChI=1S/C16H25NO2/c1-13(2)8-7-11-17-12-15(16(18)19-3)14-9-5-4-6-10-14/h4-6,9-10,13,15,17H,7-8,11-12H2,1-3H3. The van der Waals surface area contributed by atoms with Crippen LogP contribution in [0, 0.1) is 5.92 Å². The summed E-state index contributed by atoms with van der Waals surface area (Å²) in [6.07, 6.45) is 2.35. The van der Waals surface area contributed by atoms with Gasteiger partial charge in [0.05, 0.1) is 13.0 Å². The SMILES string of the molecule is COC(=O)C(CNCCCC(C)C)c1ccccc1. The fourth-order valence-electron chi connectivity index (χ4n) is 2.05. The fourth-order valence-corrected chi connectivity index (χ4v) is 2.05. The smallest absolute Gasteiger partial charge is 0.314 e. The van der Waals surface area contributed by atoms with Crippen molar-refractivity contribution in [2.24, 2.45) is 5.92 Å². The van der Waals surface area contributed by atoms with E-state index >= 15 is 0 Å². The third-order valence-electron chi connectivity index (χ3n) is 3.17. The molecule has 0 aromatic heterocycles. The van der Waals surface area contributed by atoms with E-state index < -0.39 is 0 Å². The number of ether oxygens (including phenoxy) is 1. The summed E-state index contributed by atoms with van der Waals surface area (Å²) in [5.74, 6) is 0.333. The first-order valence-corrected chi connectivity index (χ1v) is 6.98. The molecule has 106 valence electrons. The molecule has 0 heterocycles. The van der Waals surface area contributed by atoms with Crippen LogP contribution in [0.4, 0.5) is 0 Å². The maximum atomic E-state index is 11.8. The zero-order valence-corrected chi connectivity index (χ0v) is 12.2. The Kier molecular flexibility index (Phi) is 7.19. The molecule has 19 heavy (non-hydrogen) atoms. The second kappa shape index (κ2) is 8.70. The van der Waals surface area contributed by atoms with Gasteiger partial charge in [0.1, 0.15) is 0 Å². The predicted octanol–water partition coefficient (Wildman–Crippen LogP) is 2.97. The van der Waals surface area contributed by atoms with E-state index in [0.717, 1.165) is 24.4 Å². The lowest BCUT2D eigenvalue weighted by atomic mass is 9.99. The molecule has 0 fully saturated rings. The lowest BCUT2D eigenvalue weighted by molar-refractivity contribution is -0.142. The Morgan fingerprint density at radius 3 is 2.53 bits per heavy atom. The molecule has 0 amide bonds. The average Bonchev–Trinajstić information content (AvgIpc) is 2.42. The number of hydrogen-bond acceptors (Lipinski definition) is 3. The van der Waals surface area contributed by atoms with E-state index in [9.17, 15) is 4.79 Å². The van der Waals surface area contributed by atoms with Crippen molar-refractivity contribution in [2.75, 3.05) is 20.2 Å². The van der Waals surface area contributed by atoms with Gasteiger partial charge in [0.15, 0.2) is 0 Å². The van der Waals surface area contributed by atoms with E-state index in [1.165, 1.54) is 13.5 Å². The summed E-state index contributed by atoms with van der Waals surface area (Å²) in [4.78, 5) is 11.8. The predicted molar refractivity (Wildman–Crippen MR) is 78.1 cm³/mol. The normalized spacial score (nSPS) is 12.4. The highest BCUT2D eigenvalue weighted by molar-refractivity contribution is 5.78. The molecular weight excluding hydrogens is 238 g/mol. The summed E-state index contributed by atoms with van der Waals surface area (Å²) in [5.41, 5.74) is 1.01. The van der Waals surface area contributed by atoms with E-state index in [2.05, 4.69) is 19.2 Å². The molecule has 0 bridgehead atoms. The van der Waals surface area contributed by atoms with Gasteiger partial charge in [-0.25, -0.2) is 0 Å². The van der Waals surface area contributed by atoms with Crippen molar-refractivity contribution in [3.8, 4) is 0 Å². The molecule has 1 unspecified atom stereocenters. The number of carbonyl (C=O) groups excluding carboxylic acids is 1. The molecule has 3 heteroatoms. The minimum Gasteiger partial charge on any atom is -0.469 e. The lowest BCUT2D eigenvalue weighted by Crippen LogP contribution is -2.28. The number of carbonyl (C=O) groups is 1. The van der Waals surface area contributed by atoms with Crippen molar-refractivity contribution in [2.45, 2.75) is 32.6 Å². The van der Waals surface area contributed by atoms with Crippen LogP contribution in [0.5, 0.6) is 0 Å². The molecule has 1 rings (SSSR count). The van der Waals surface area contributed by atoms with Gasteiger partial charge in [0.25, 0.3) is 0 Å². The van der Waals surface area contributed by atoms with Crippen LogP contribution in [0.15, 0.2) is 30.3 Å². The summed E-state index contributed by atoms with van der Waals surface area (Å²) in [7, 11) is 1.44. The maximum Gasteiger partial charge on any atom is 0.314 e. The van der Waals surface area contributed by atoms with E-state index in [-0.39, 0.29) is 11.9 Å². The minimum atomic E-state index is -0.217. The van der Waals surface area contributed by atoms with E-state index in [4.69, 9.17) is 4.74 Å². The van der Waals surface area contributed by atoms with Gasteiger partial charge in [-0.2, -0.15) is 0 Å². The first kappa shape index (κ1) is 15.7. The first-order chi connectivity index (χ1) is 9.15. The Bertz CT molecular complexity index is 362. The van der Waals surface area contributed by atoms with Crippen LogP contribution in [-0.4, -0.2) is 26.2 Å². The van der Waals surface area contributed by atoms with Crippen LogP contribution in [0.1, 0.15) is 38.2 Å². The van der Waals surface area contributed by atoms with Gasteiger partial charge in [-0.3, -0.25) is 4.79 Å². The molecule has 3 nitrogen and oxygen atoms in total. The zero-order chi connectivity index (χ0) is 14.1. The van der Waals surface area contributed by atoms with Gasteiger partial charge in [-0.1, -0.05) is 44.2 Å². The topological polar surface area (TPSA) is 38.3 Å². The quantitative estimate of drug-likeness (QED) is 0.579. The largest absolute Gasteiger partial charge is 0.469 e. The summed E-state index contributed by atoms with van der Waals surface area (Å²) < 4.78 is 4.88. The molecule has 1 aromatic carbocycles. The molecule has 0 radical (unpaired) electrons. The Morgan fingerprint density at radius 1 is 1.26 bits per heavy atom. The summed E-state index contributed by atoms with van der Waals surface area (Å²) in [6.45, 7) is 6.02. The monoisotopic (exact) mass is 263 g/mol. The molecule has 1 N–H and O–H groups in total. The molecule has 1 atom stereocenters. The molecule has 0 saturated heterocycles. The van der Waals surface area contributed by atoms with E-state index in [1.54, 1.807) is 0 Å². The number of nitrogens with one attached hydrogen (secondary N) is 1.